The standard InChI is InChI=1S/C23H29Cl2FN4O3S/c1-22(2,3)16-11-13(20(32)30(23(4,5)6)10-9-27-12-31)19(34-16)29-21(33)28-15-8-7-14(26)17(24)18(15)25/h7-8,11-12H,9-10H2,1-6H3,(H,27,31)(H2,28,29,33). The Morgan fingerprint density at radius 3 is 2.29 bits per heavy atom. The first-order chi connectivity index (χ1) is 15.7. The zero-order chi connectivity index (χ0) is 25.8. The predicted octanol–water partition coefficient (Wildman–Crippen LogP) is 6.12. The van der Waals surface area contributed by atoms with Gasteiger partial charge in [-0.3, -0.25) is 14.9 Å². The summed E-state index contributed by atoms with van der Waals surface area (Å²) in [7, 11) is 0. The molecule has 0 aliphatic rings. The third kappa shape index (κ3) is 6.84. The van der Waals surface area contributed by atoms with Crippen molar-refractivity contribution in [1.29, 1.82) is 0 Å². The first kappa shape index (κ1) is 27.9. The van der Waals surface area contributed by atoms with Crippen molar-refractivity contribution in [1.82, 2.24) is 10.2 Å². The molecule has 0 atom stereocenters. The molecule has 0 saturated heterocycles. The van der Waals surface area contributed by atoms with Gasteiger partial charge in [0, 0.05) is 23.5 Å². The second kappa shape index (κ2) is 10.9. The number of benzene rings is 1. The molecular weight excluding hydrogens is 502 g/mol. The lowest BCUT2D eigenvalue weighted by atomic mass is 9.94. The zero-order valence-corrected chi connectivity index (χ0v) is 22.3. The van der Waals surface area contributed by atoms with Crippen LogP contribution in [0.25, 0.3) is 0 Å². The third-order valence-corrected chi connectivity index (χ3v) is 7.17. The highest BCUT2D eigenvalue weighted by molar-refractivity contribution is 7.16. The van der Waals surface area contributed by atoms with E-state index in [9.17, 15) is 18.8 Å². The number of nitrogens with zero attached hydrogens (tertiary/aromatic N) is 1. The maximum Gasteiger partial charge on any atom is 0.324 e. The van der Waals surface area contributed by atoms with E-state index in [0.717, 1.165) is 10.9 Å². The Balaban J connectivity index is 2.39. The van der Waals surface area contributed by atoms with E-state index in [4.69, 9.17) is 23.2 Å². The van der Waals surface area contributed by atoms with Gasteiger partial charge in [0.05, 0.1) is 21.3 Å². The average Bonchev–Trinajstić information content (AvgIpc) is 3.14. The fraction of sp³-hybridized carbons (Fsp3) is 0.435. The van der Waals surface area contributed by atoms with Gasteiger partial charge in [-0.1, -0.05) is 44.0 Å². The lowest BCUT2D eigenvalue weighted by Crippen LogP contribution is -2.48. The first-order valence-corrected chi connectivity index (χ1v) is 12.1. The average molecular weight is 531 g/mol. The fourth-order valence-electron chi connectivity index (χ4n) is 3.01. The molecule has 0 fully saturated rings. The molecule has 0 unspecified atom stereocenters. The summed E-state index contributed by atoms with van der Waals surface area (Å²) < 4.78 is 13.6. The van der Waals surface area contributed by atoms with Gasteiger partial charge >= 0.3 is 6.03 Å². The summed E-state index contributed by atoms with van der Waals surface area (Å²) in [5.41, 5.74) is -0.351. The van der Waals surface area contributed by atoms with Gasteiger partial charge in [-0.05, 0) is 44.4 Å². The summed E-state index contributed by atoms with van der Waals surface area (Å²) in [6.07, 6.45) is 0.581. The van der Waals surface area contributed by atoms with Gasteiger partial charge < -0.3 is 15.5 Å². The lowest BCUT2D eigenvalue weighted by molar-refractivity contribution is -0.109. The van der Waals surface area contributed by atoms with E-state index in [1.807, 2.05) is 41.5 Å². The summed E-state index contributed by atoms with van der Waals surface area (Å²) in [5.74, 6) is -0.991. The predicted molar refractivity (Wildman–Crippen MR) is 137 cm³/mol. The molecule has 1 aromatic carbocycles. The minimum absolute atomic E-state index is 0.127. The highest BCUT2D eigenvalue weighted by Gasteiger charge is 2.31. The van der Waals surface area contributed by atoms with Crippen LogP contribution in [0.15, 0.2) is 18.2 Å². The van der Waals surface area contributed by atoms with E-state index >= 15 is 0 Å². The van der Waals surface area contributed by atoms with E-state index < -0.39 is 17.4 Å². The zero-order valence-electron chi connectivity index (χ0n) is 19.9. The Hall–Kier alpha value is -2.36. The van der Waals surface area contributed by atoms with Crippen LogP contribution in [0.3, 0.4) is 0 Å². The number of carbonyl (C=O) groups excluding carboxylic acids is 3. The fourth-order valence-corrected chi connectivity index (χ4v) is 4.48. The molecule has 11 heteroatoms. The van der Waals surface area contributed by atoms with Crippen LogP contribution in [-0.2, 0) is 10.2 Å². The number of thiophene rings is 1. The van der Waals surface area contributed by atoms with E-state index in [-0.39, 0.29) is 40.1 Å². The minimum atomic E-state index is -0.704. The summed E-state index contributed by atoms with van der Waals surface area (Å²) in [6, 6.07) is 3.50. The van der Waals surface area contributed by atoms with Gasteiger partial charge in [-0.15, -0.1) is 11.3 Å². The van der Waals surface area contributed by atoms with Crippen molar-refractivity contribution in [2.24, 2.45) is 0 Å². The smallest absolute Gasteiger partial charge is 0.324 e. The van der Waals surface area contributed by atoms with Gasteiger partial charge in [-0.2, -0.15) is 0 Å². The first-order valence-electron chi connectivity index (χ1n) is 10.5. The van der Waals surface area contributed by atoms with Crippen LogP contribution in [-0.4, -0.2) is 41.9 Å². The second-order valence-corrected chi connectivity index (χ2v) is 11.4. The highest BCUT2D eigenvalue weighted by atomic mass is 35.5. The minimum Gasteiger partial charge on any atom is -0.357 e. The number of anilines is 2. The quantitative estimate of drug-likeness (QED) is 0.228. The molecule has 0 saturated carbocycles. The molecule has 7 nitrogen and oxygen atoms in total. The molecule has 1 heterocycles. The Labute approximate surface area is 213 Å². The molecule has 0 radical (unpaired) electrons. The van der Waals surface area contributed by atoms with Crippen molar-refractivity contribution in [3.05, 3.63) is 44.5 Å². The summed E-state index contributed by atoms with van der Waals surface area (Å²) in [5, 5.41) is 7.76. The van der Waals surface area contributed by atoms with Crippen LogP contribution >= 0.6 is 34.5 Å². The molecule has 0 spiro atoms. The highest BCUT2D eigenvalue weighted by Crippen LogP contribution is 2.38. The van der Waals surface area contributed by atoms with Crippen LogP contribution in [0.2, 0.25) is 10.0 Å². The van der Waals surface area contributed by atoms with Crippen LogP contribution in [0.1, 0.15) is 56.8 Å². The Morgan fingerprint density at radius 2 is 1.74 bits per heavy atom. The number of hydrogen-bond acceptors (Lipinski definition) is 4. The van der Waals surface area contributed by atoms with Crippen molar-refractivity contribution >= 4 is 63.6 Å². The number of halogens is 3. The molecular formula is C23H29Cl2FN4O3S. The summed E-state index contributed by atoms with van der Waals surface area (Å²) >= 11 is 13.2. The van der Waals surface area contributed by atoms with E-state index in [0.29, 0.717) is 17.0 Å². The van der Waals surface area contributed by atoms with Crippen molar-refractivity contribution < 1.29 is 18.8 Å². The van der Waals surface area contributed by atoms with Crippen LogP contribution in [0, 0.1) is 5.82 Å². The number of urea groups is 1. The topological polar surface area (TPSA) is 90.5 Å². The molecule has 186 valence electrons. The lowest BCUT2D eigenvalue weighted by Gasteiger charge is -2.35. The molecule has 3 N–H and O–H groups in total. The van der Waals surface area contributed by atoms with Crippen molar-refractivity contribution in [3.63, 3.8) is 0 Å². The Bertz CT molecular complexity index is 1080. The second-order valence-electron chi connectivity index (χ2n) is 9.61. The van der Waals surface area contributed by atoms with E-state index in [1.165, 1.54) is 17.4 Å². The summed E-state index contributed by atoms with van der Waals surface area (Å²) in [6.45, 7) is 12.3. The number of nitrogens with one attached hydrogen (secondary N) is 3. The van der Waals surface area contributed by atoms with Gasteiger partial charge in [0.1, 0.15) is 10.8 Å². The van der Waals surface area contributed by atoms with Crippen LogP contribution in [0.4, 0.5) is 19.9 Å². The van der Waals surface area contributed by atoms with Gasteiger partial charge in [0.15, 0.2) is 0 Å². The number of amides is 4. The van der Waals surface area contributed by atoms with Crippen molar-refractivity contribution in [3.8, 4) is 0 Å². The van der Waals surface area contributed by atoms with Crippen LogP contribution in [0.5, 0.6) is 0 Å². The van der Waals surface area contributed by atoms with Crippen molar-refractivity contribution in [2.45, 2.75) is 52.5 Å². The molecule has 2 aromatic rings. The van der Waals surface area contributed by atoms with Gasteiger partial charge in [-0.25, -0.2) is 9.18 Å². The molecule has 4 amide bonds. The molecule has 1 aromatic heterocycles. The maximum absolute atomic E-state index is 13.6. The van der Waals surface area contributed by atoms with E-state index in [2.05, 4.69) is 16.0 Å². The number of rotatable bonds is 7. The molecule has 2 rings (SSSR count). The molecule has 0 aliphatic heterocycles. The maximum atomic E-state index is 13.6. The molecule has 0 aliphatic carbocycles. The Morgan fingerprint density at radius 1 is 1.09 bits per heavy atom. The van der Waals surface area contributed by atoms with Gasteiger partial charge in [0.2, 0.25) is 6.41 Å². The number of carbonyl (C=O) groups is 3. The largest absolute Gasteiger partial charge is 0.357 e. The number of hydrogen-bond donors (Lipinski definition) is 3. The third-order valence-electron chi connectivity index (χ3n) is 4.83. The molecule has 0 bridgehead atoms. The van der Waals surface area contributed by atoms with Gasteiger partial charge in [0.25, 0.3) is 5.91 Å². The normalized spacial score (nSPS) is 11.7. The Kier molecular flexibility index (Phi) is 8.96. The summed E-state index contributed by atoms with van der Waals surface area (Å²) in [4.78, 5) is 39.6. The molecule has 34 heavy (non-hydrogen) atoms. The van der Waals surface area contributed by atoms with Crippen LogP contribution < -0.4 is 16.0 Å². The monoisotopic (exact) mass is 530 g/mol. The van der Waals surface area contributed by atoms with Crippen molar-refractivity contribution in [2.75, 3.05) is 23.7 Å². The van der Waals surface area contributed by atoms with E-state index in [1.54, 1.807) is 11.0 Å². The SMILES string of the molecule is CC(C)(C)c1cc(C(=O)N(CCNC=O)C(C)(C)C)c(NC(=O)Nc2ccc(F)c(Cl)c2Cl)s1.